The van der Waals surface area contributed by atoms with Gasteiger partial charge in [0.1, 0.15) is 5.75 Å². The van der Waals surface area contributed by atoms with Crippen molar-refractivity contribution in [1.29, 1.82) is 0 Å². The summed E-state index contributed by atoms with van der Waals surface area (Å²) in [7, 11) is 3.68. The number of halogens is 1. The number of amides is 1. The average molecular weight is 301 g/mol. The van der Waals surface area contributed by atoms with Gasteiger partial charge in [-0.1, -0.05) is 6.92 Å². The molecule has 4 nitrogen and oxygen atoms in total. The summed E-state index contributed by atoms with van der Waals surface area (Å²) in [5.74, 6) is 0.842. The Labute approximate surface area is 127 Å². The SMILES string of the molecule is CCC(C)Oc1ccc(C(=O)N(C)CCNC)cc1.Cl. The van der Waals surface area contributed by atoms with E-state index >= 15 is 0 Å². The highest BCUT2D eigenvalue weighted by atomic mass is 35.5. The van der Waals surface area contributed by atoms with Crippen molar-refractivity contribution in [2.24, 2.45) is 0 Å². The lowest BCUT2D eigenvalue weighted by molar-refractivity contribution is 0.0797. The van der Waals surface area contributed by atoms with Gasteiger partial charge in [-0.05, 0) is 44.7 Å². The van der Waals surface area contributed by atoms with E-state index in [0.29, 0.717) is 12.1 Å². The van der Waals surface area contributed by atoms with Crippen LogP contribution in [0.3, 0.4) is 0 Å². The van der Waals surface area contributed by atoms with E-state index in [1.165, 1.54) is 0 Å². The number of nitrogens with one attached hydrogen (secondary N) is 1. The minimum Gasteiger partial charge on any atom is -0.491 e. The molecule has 1 unspecified atom stereocenters. The Morgan fingerprint density at radius 2 is 1.95 bits per heavy atom. The zero-order chi connectivity index (χ0) is 14.3. The summed E-state index contributed by atoms with van der Waals surface area (Å²) < 4.78 is 5.69. The number of hydrogen-bond donors (Lipinski definition) is 1. The molecule has 1 rings (SSSR count). The lowest BCUT2D eigenvalue weighted by atomic mass is 10.2. The standard InChI is InChI=1S/C15H24N2O2.ClH/c1-5-12(2)19-14-8-6-13(7-9-14)15(18)17(4)11-10-16-3;/h6-9,12,16H,5,10-11H2,1-4H3;1H. The van der Waals surface area contributed by atoms with Gasteiger partial charge >= 0.3 is 0 Å². The van der Waals surface area contributed by atoms with Gasteiger partial charge in [0.15, 0.2) is 0 Å². The van der Waals surface area contributed by atoms with Crippen LogP contribution in [0.15, 0.2) is 24.3 Å². The van der Waals surface area contributed by atoms with Gasteiger partial charge in [-0.2, -0.15) is 0 Å². The summed E-state index contributed by atoms with van der Waals surface area (Å²) in [6.45, 7) is 5.60. The third kappa shape index (κ3) is 5.80. The predicted octanol–water partition coefficient (Wildman–Crippen LogP) is 2.58. The Morgan fingerprint density at radius 3 is 2.45 bits per heavy atom. The number of carbonyl (C=O) groups is 1. The van der Waals surface area contributed by atoms with Crippen LogP contribution in [-0.2, 0) is 0 Å². The zero-order valence-electron chi connectivity index (χ0n) is 12.7. The largest absolute Gasteiger partial charge is 0.491 e. The summed E-state index contributed by atoms with van der Waals surface area (Å²) in [6.07, 6.45) is 1.16. The molecule has 1 aromatic carbocycles. The van der Waals surface area contributed by atoms with E-state index in [2.05, 4.69) is 12.2 Å². The minimum absolute atomic E-state index is 0. The first-order valence-electron chi connectivity index (χ1n) is 6.75. The number of ether oxygens (including phenoxy) is 1. The molecule has 114 valence electrons. The molecule has 0 spiro atoms. The van der Waals surface area contributed by atoms with Crippen molar-refractivity contribution < 1.29 is 9.53 Å². The topological polar surface area (TPSA) is 41.6 Å². The first-order valence-corrected chi connectivity index (χ1v) is 6.75. The lowest BCUT2D eigenvalue weighted by Gasteiger charge is -2.17. The van der Waals surface area contributed by atoms with Gasteiger partial charge in [0.05, 0.1) is 6.10 Å². The number of likely N-dealkylation sites (N-methyl/N-ethyl adjacent to an activating group) is 2. The minimum atomic E-state index is 0. The molecule has 5 heteroatoms. The van der Waals surface area contributed by atoms with E-state index in [-0.39, 0.29) is 24.4 Å². The molecule has 20 heavy (non-hydrogen) atoms. The fourth-order valence-corrected chi connectivity index (χ4v) is 1.59. The number of carbonyl (C=O) groups excluding carboxylic acids is 1. The Hall–Kier alpha value is -1.26. The van der Waals surface area contributed by atoms with E-state index in [4.69, 9.17) is 4.74 Å². The lowest BCUT2D eigenvalue weighted by Crippen LogP contribution is -2.32. The number of rotatable bonds is 7. The predicted molar refractivity (Wildman–Crippen MR) is 85.0 cm³/mol. The fraction of sp³-hybridized carbons (Fsp3) is 0.533. The average Bonchev–Trinajstić information content (AvgIpc) is 2.44. The molecule has 1 amide bonds. The van der Waals surface area contributed by atoms with Crippen LogP contribution in [0.1, 0.15) is 30.6 Å². The third-order valence-electron chi connectivity index (χ3n) is 3.06. The maximum absolute atomic E-state index is 12.1. The van der Waals surface area contributed by atoms with Crippen LogP contribution in [0, 0.1) is 0 Å². The van der Waals surface area contributed by atoms with Crippen LogP contribution in [-0.4, -0.2) is 44.1 Å². The second-order valence-electron chi connectivity index (χ2n) is 4.69. The first kappa shape index (κ1) is 18.7. The Bertz CT molecular complexity index is 395. The Balaban J connectivity index is 0.00000361. The van der Waals surface area contributed by atoms with Crippen molar-refractivity contribution in [2.75, 3.05) is 27.2 Å². The van der Waals surface area contributed by atoms with Crippen LogP contribution >= 0.6 is 12.4 Å². The molecule has 0 radical (unpaired) electrons. The molecule has 0 bridgehead atoms. The fourth-order valence-electron chi connectivity index (χ4n) is 1.59. The van der Waals surface area contributed by atoms with E-state index in [1.54, 1.807) is 4.90 Å². The molecule has 0 aliphatic heterocycles. The van der Waals surface area contributed by atoms with Crippen LogP contribution in [0.25, 0.3) is 0 Å². The second kappa shape index (κ2) is 9.61. The molecule has 0 aliphatic rings. The summed E-state index contributed by atoms with van der Waals surface area (Å²) in [4.78, 5) is 13.8. The second-order valence-corrected chi connectivity index (χ2v) is 4.69. The van der Waals surface area contributed by atoms with Gasteiger partial charge in [0, 0.05) is 25.7 Å². The molecule has 0 saturated heterocycles. The molecule has 0 heterocycles. The van der Waals surface area contributed by atoms with E-state index in [0.717, 1.165) is 18.7 Å². The Kier molecular flexibility index (Phi) is 9.01. The monoisotopic (exact) mass is 300 g/mol. The maximum Gasteiger partial charge on any atom is 0.253 e. The number of nitrogens with zero attached hydrogens (tertiary/aromatic N) is 1. The molecule has 0 aliphatic carbocycles. The van der Waals surface area contributed by atoms with Crippen molar-refractivity contribution in [3.8, 4) is 5.75 Å². The highest BCUT2D eigenvalue weighted by molar-refractivity contribution is 5.94. The van der Waals surface area contributed by atoms with Crippen LogP contribution in [0.4, 0.5) is 0 Å². The summed E-state index contributed by atoms with van der Waals surface area (Å²) in [6, 6.07) is 7.34. The third-order valence-corrected chi connectivity index (χ3v) is 3.06. The zero-order valence-corrected chi connectivity index (χ0v) is 13.5. The normalized spacial score (nSPS) is 11.4. The summed E-state index contributed by atoms with van der Waals surface area (Å²) in [5.41, 5.74) is 0.690. The van der Waals surface area contributed by atoms with Gasteiger partial charge < -0.3 is 15.0 Å². The van der Waals surface area contributed by atoms with Gasteiger partial charge in [-0.25, -0.2) is 0 Å². The van der Waals surface area contributed by atoms with E-state index < -0.39 is 0 Å². The molecule has 0 fully saturated rings. The van der Waals surface area contributed by atoms with Gasteiger partial charge in [0.2, 0.25) is 0 Å². The molecule has 0 aromatic heterocycles. The van der Waals surface area contributed by atoms with E-state index in [1.807, 2.05) is 45.3 Å². The molecule has 1 atom stereocenters. The maximum atomic E-state index is 12.1. The molecular formula is C15H25ClN2O2. The smallest absolute Gasteiger partial charge is 0.253 e. The van der Waals surface area contributed by atoms with Crippen molar-refractivity contribution in [1.82, 2.24) is 10.2 Å². The van der Waals surface area contributed by atoms with Crippen LogP contribution in [0.2, 0.25) is 0 Å². The van der Waals surface area contributed by atoms with Crippen molar-refractivity contribution in [3.63, 3.8) is 0 Å². The quantitative estimate of drug-likeness (QED) is 0.841. The highest BCUT2D eigenvalue weighted by Gasteiger charge is 2.11. The van der Waals surface area contributed by atoms with Crippen molar-refractivity contribution in [2.45, 2.75) is 26.4 Å². The van der Waals surface area contributed by atoms with E-state index in [9.17, 15) is 4.79 Å². The van der Waals surface area contributed by atoms with Crippen molar-refractivity contribution >= 4 is 18.3 Å². The summed E-state index contributed by atoms with van der Waals surface area (Å²) >= 11 is 0. The number of hydrogen-bond acceptors (Lipinski definition) is 3. The molecular weight excluding hydrogens is 276 g/mol. The molecule has 1 N–H and O–H groups in total. The van der Waals surface area contributed by atoms with Crippen LogP contribution < -0.4 is 10.1 Å². The summed E-state index contributed by atoms with van der Waals surface area (Å²) in [5, 5.41) is 3.03. The highest BCUT2D eigenvalue weighted by Crippen LogP contribution is 2.15. The number of benzene rings is 1. The van der Waals surface area contributed by atoms with Crippen LogP contribution in [0.5, 0.6) is 5.75 Å². The Morgan fingerprint density at radius 1 is 1.35 bits per heavy atom. The molecule has 0 saturated carbocycles. The van der Waals surface area contributed by atoms with Crippen molar-refractivity contribution in [3.05, 3.63) is 29.8 Å². The molecule has 1 aromatic rings. The first-order chi connectivity index (χ1) is 9.08. The van der Waals surface area contributed by atoms with Gasteiger partial charge in [-0.15, -0.1) is 12.4 Å². The van der Waals surface area contributed by atoms with Gasteiger partial charge in [-0.3, -0.25) is 4.79 Å². The van der Waals surface area contributed by atoms with Gasteiger partial charge in [0.25, 0.3) is 5.91 Å².